The van der Waals surface area contributed by atoms with Crippen LogP contribution in [0.1, 0.15) is 21.7 Å². The number of rotatable bonds is 2. The van der Waals surface area contributed by atoms with Crippen molar-refractivity contribution in [2.45, 2.75) is 13.1 Å². The second-order valence-electron chi connectivity index (χ2n) is 3.84. The maximum atomic E-state index is 12.9. The molecule has 0 spiro atoms. The van der Waals surface area contributed by atoms with E-state index in [-0.39, 0.29) is 5.69 Å². The quantitative estimate of drug-likeness (QED) is 0.909. The van der Waals surface area contributed by atoms with Crippen molar-refractivity contribution in [3.05, 3.63) is 41.2 Å². The smallest absolute Gasteiger partial charge is 0.436 e. The van der Waals surface area contributed by atoms with Crippen molar-refractivity contribution in [3.63, 3.8) is 0 Å². The molecule has 0 atom stereocenters. The van der Waals surface area contributed by atoms with E-state index < -0.39 is 23.5 Å². The number of benzene rings is 1. The van der Waals surface area contributed by atoms with Gasteiger partial charge in [0.1, 0.15) is 0 Å². The summed E-state index contributed by atoms with van der Waals surface area (Å²) < 4.78 is 39.3. The zero-order valence-electron chi connectivity index (χ0n) is 9.64. The highest BCUT2D eigenvalue weighted by molar-refractivity contribution is 5.86. The van der Waals surface area contributed by atoms with Gasteiger partial charge >= 0.3 is 12.1 Å². The second-order valence-corrected chi connectivity index (χ2v) is 3.84. The van der Waals surface area contributed by atoms with Crippen LogP contribution in [-0.2, 0) is 6.18 Å². The first-order valence-corrected chi connectivity index (χ1v) is 5.14. The van der Waals surface area contributed by atoms with Gasteiger partial charge in [-0.15, -0.1) is 5.10 Å². The lowest BCUT2D eigenvalue weighted by atomic mass is 10.2. The number of aromatic nitrogens is 3. The van der Waals surface area contributed by atoms with Crippen molar-refractivity contribution in [2.24, 2.45) is 0 Å². The molecule has 5 nitrogen and oxygen atoms in total. The third-order valence-electron chi connectivity index (χ3n) is 2.39. The Kier molecular flexibility index (Phi) is 3.01. The summed E-state index contributed by atoms with van der Waals surface area (Å²) in [4.78, 5) is 10.8. The van der Waals surface area contributed by atoms with Crippen LogP contribution < -0.4 is 0 Å². The van der Waals surface area contributed by atoms with E-state index >= 15 is 0 Å². The van der Waals surface area contributed by atoms with E-state index in [4.69, 9.17) is 5.11 Å². The summed E-state index contributed by atoms with van der Waals surface area (Å²) in [6.45, 7) is 1.70. The molecule has 0 aliphatic carbocycles. The topological polar surface area (TPSA) is 68.0 Å². The average Bonchev–Trinajstić information content (AvgIpc) is 2.73. The number of halogens is 3. The molecule has 0 aliphatic rings. The molecule has 1 heterocycles. The number of carboxylic acid groups (broad SMARTS) is 1. The maximum absolute atomic E-state index is 12.9. The third kappa shape index (κ3) is 2.42. The van der Waals surface area contributed by atoms with Gasteiger partial charge in [-0.05, 0) is 24.6 Å². The van der Waals surface area contributed by atoms with Crippen LogP contribution in [0.2, 0.25) is 0 Å². The summed E-state index contributed by atoms with van der Waals surface area (Å²) in [6.07, 6.45) is -4.86. The van der Waals surface area contributed by atoms with Gasteiger partial charge in [-0.2, -0.15) is 13.2 Å². The highest BCUT2D eigenvalue weighted by atomic mass is 19.4. The predicted molar refractivity (Wildman–Crippen MR) is 58.1 cm³/mol. The van der Waals surface area contributed by atoms with Gasteiger partial charge in [0.2, 0.25) is 5.69 Å². The molecular weight excluding hydrogens is 263 g/mol. The third-order valence-corrected chi connectivity index (χ3v) is 2.39. The van der Waals surface area contributed by atoms with Gasteiger partial charge in [-0.3, -0.25) is 0 Å². The molecule has 1 aromatic heterocycles. The molecule has 1 N–H and O–H groups in total. The van der Waals surface area contributed by atoms with E-state index in [9.17, 15) is 18.0 Å². The Hall–Kier alpha value is -2.38. The van der Waals surface area contributed by atoms with Crippen molar-refractivity contribution >= 4 is 5.97 Å². The molecule has 0 fully saturated rings. The zero-order valence-corrected chi connectivity index (χ0v) is 9.64. The maximum Gasteiger partial charge on any atom is 0.436 e. The molecule has 1 aromatic carbocycles. The molecule has 2 aromatic rings. The fourth-order valence-electron chi connectivity index (χ4n) is 1.62. The molecule has 0 aliphatic heterocycles. The monoisotopic (exact) mass is 271 g/mol. The van der Waals surface area contributed by atoms with Gasteiger partial charge in [0.05, 0.1) is 5.69 Å². The lowest BCUT2D eigenvalue weighted by Gasteiger charge is -2.10. The van der Waals surface area contributed by atoms with Crippen LogP contribution in [-0.4, -0.2) is 26.1 Å². The number of aromatic carboxylic acids is 1. The number of aryl methyl sites for hydroxylation is 1. The molecule has 0 saturated heterocycles. The number of hydrogen-bond donors (Lipinski definition) is 1. The van der Waals surface area contributed by atoms with Crippen molar-refractivity contribution in [1.29, 1.82) is 0 Å². The van der Waals surface area contributed by atoms with Crippen molar-refractivity contribution in [3.8, 4) is 5.69 Å². The lowest BCUT2D eigenvalue weighted by Crippen LogP contribution is -2.17. The molecule has 2 rings (SSSR count). The number of hydrogen-bond acceptors (Lipinski definition) is 3. The van der Waals surface area contributed by atoms with Crippen LogP contribution in [0.5, 0.6) is 0 Å². The summed E-state index contributed by atoms with van der Waals surface area (Å²) in [5, 5.41) is 15.1. The largest absolute Gasteiger partial charge is 0.476 e. The normalized spacial score (nSPS) is 11.6. The first kappa shape index (κ1) is 13.1. The van der Waals surface area contributed by atoms with E-state index in [1.165, 1.54) is 12.1 Å². The van der Waals surface area contributed by atoms with Gasteiger partial charge in [-0.25, -0.2) is 9.48 Å². The highest BCUT2D eigenvalue weighted by Gasteiger charge is 2.42. The molecule has 19 heavy (non-hydrogen) atoms. The summed E-state index contributed by atoms with van der Waals surface area (Å²) in [5.74, 6) is -1.77. The Morgan fingerprint density at radius 2 is 2.05 bits per heavy atom. The van der Waals surface area contributed by atoms with Crippen molar-refractivity contribution in [1.82, 2.24) is 15.0 Å². The van der Waals surface area contributed by atoms with Crippen LogP contribution in [0.3, 0.4) is 0 Å². The minimum absolute atomic E-state index is 0.104. The number of carboxylic acids is 1. The fraction of sp³-hybridized carbons (Fsp3) is 0.182. The molecule has 0 unspecified atom stereocenters. The van der Waals surface area contributed by atoms with Crippen LogP contribution in [0.25, 0.3) is 5.69 Å². The van der Waals surface area contributed by atoms with Crippen molar-refractivity contribution < 1.29 is 23.1 Å². The minimum Gasteiger partial charge on any atom is -0.476 e. The number of carbonyl (C=O) groups is 1. The fourth-order valence-corrected chi connectivity index (χ4v) is 1.62. The van der Waals surface area contributed by atoms with Crippen molar-refractivity contribution in [2.75, 3.05) is 0 Å². The van der Waals surface area contributed by atoms with E-state index in [0.717, 1.165) is 5.56 Å². The second kappa shape index (κ2) is 4.38. The van der Waals surface area contributed by atoms with E-state index in [1.807, 2.05) is 0 Å². The lowest BCUT2D eigenvalue weighted by molar-refractivity contribution is -0.143. The number of nitrogens with zero attached hydrogens (tertiary/aromatic N) is 3. The van der Waals surface area contributed by atoms with Crippen LogP contribution >= 0.6 is 0 Å². The van der Waals surface area contributed by atoms with Gasteiger partial charge < -0.3 is 5.11 Å². The summed E-state index contributed by atoms with van der Waals surface area (Å²) in [7, 11) is 0. The van der Waals surface area contributed by atoms with Gasteiger partial charge in [0.15, 0.2) is 5.69 Å². The van der Waals surface area contributed by atoms with Gasteiger partial charge in [-0.1, -0.05) is 17.3 Å². The Morgan fingerprint density at radius 1 is 1.37 bits per heavy atom. The molecule has 0 amide bonds. The first-order valence-electron chi connectivity index (χ1n) is 5.14. The summed E-state index contributed by atoms with van der Waals surface area (Å²) in [5.41, 5.74) is -1.69. The SMILES string of the molecule is Cc1cccc(-n2nnc(C(=O)O)c2C(F)(F)F)c1. The molecule has 0 saturated carbocycles. The minimum atomic E-state index is -4.86. The number of alkyl halides is 3. The van der Waals surface area contributed by atoms with E-state index in [2.05, 4.69) is 10.3 Å². The van der Waals surface area contributed by atoms with Crippen LogP contribution in [0, 0.1) is 6.92 Å². The molecule has 8 heteroatoms. The predicted octanol–water partition coefficient (Wildman–Crippen LogP) is 2.29. The Labute approximate surface area is 105 Å². The summed E-state index contributed by atoms with van der Waals surface area (Å²) in [6, 6.07) is 6.09. The highest BCUT2D eigenvalue weighted by Crippen LogP contribution is 2.32. The van der Waals surface area contributed by atoms with Gasteiger partial charge in [0, 0.05) is 0 Å². The standard InChI is InChI=1S/C11H8F3N3O2/c1-6-3-2-4-7(5-6)17-9(11(12,13)14)8(10(18)19)15-16-17/h2-5H,1H3,(H,18,19). The van der Waals surface area contributed by atoms with Gasteiger partial charge in [0.25, 0.3) is 0 Å². The average molecular weight is 271 g/mol. The zero-order chi connectivity index (χ0) is 14.2. The van der Waals surface area contributed by atoms with Crippen LogP contribution in [0.4, 0.5) is 13.2 Å². The van der Waals surface area contributed by atoms with E-state index in [0.29, 0.717) is 4.68 Å². The first-order chi connectivity index (χ1) is 8.80. The molecule has 0 radical (unpaired) electrons. The molecule has 0 bridgehead atoms. The van der Waals surface area contributed by atoms with Crippen LogP contribution in [0.15, 0.2) is 24.3 Å². The Balaban J connectivity index is 2.68. The molecular formula is C11H8F3N3O2. The van der Waals surface area contributed by atoms with E-state index in [1.54, 1.807) is 19.1 Å². The molecule has 100 valence electrons. The Morgan fingerprint density at radius 3 is 2.58 bits per heavy atom. The Bertz CT molecular complexity index is 634. The summed E-state index contributed by atoms with van der Waals surface area (Å²) >= 11 is 0.